The van der Waals surface area contributed by atoms with Crippen molar-refractivity contribution in [1.82, 2.24) is 14.8 Å². The first-order valence-corrected chi connectivity index (χ1v) is 11.6. The second kappa shape index (κ2) is 9.49. The molecule has 3 aromatic rings. The molecule has 1 saturated heterocycles. The van der Waals surface area contributed by atoms with Crippen LogP contribution in [0.1, 0.15) is 53.4 Å². The van der Waals surface area contributed by atoms with Gasteiger partial charge in [-0.25, -0.2) is 4.79 Å². The number of hydrogen-bond acceptors (Lipinski definition) is 2. The summed E-state index contributed by atoms with van der Waals surface area (Å²) in [4.78, 5) is 26.7. The number of unbranched alkanes of at least 4 members (excludes halogenated alkanes) is 1. The first-order chi connectivity index (χ1) is 15.9. The molecule has 0 radical (unpaired) electrons. The Balaban J connectivity index is 1.57. The van der Waals surface area contributed by atoms with E-state index in [1.165, 1.54) is 23.3 Å². The first kappa shape index (κ1) is 22.6. The number of nitrogens with one attached hydrogen (secondary N) is 1. The molecule has 2 aromatic carbocycles. The molecule has 2 heterocycles. The van der Waals surface area contributed by atoms with Crippen LogP contribution in [0, 0.1) is 20.8 Å². The van der Waals surface area contributed by atoms with Crippen molar-refractivity contribution in [2.24, 2.45) is 0 Å². The van der Waals surface area contributed by atoms with Gasteiger partial charge in [0.2, 0.25) is 0 Å². The lowest BCUT2D eigenvalue weighted by molar-refractivity contribution is -0.123. The summed E-state index contributed by atoms with van der Waals surface area (Å²) in [6.07, 6.45) is 5.26. The molecule has 3 amide bonds. The molecule has 0 unspecified atom stereocenters. The number of aromatic nitrogens is 1. The quantitative estimate of drug-likeness (QED) is 0.370. The average Bonchev–Trinajstić information content (AvgIpc) is 3.22. The van der Waals surface area contributed by atoms with Crippen LogP contribution in [0.5, 0.6) is 0 Å². The van der Waals surface area contributed by atoms with Crippen molar-refractivity contribution >= 4 is 18.0 Å². The Hall–Kier alpha value is -3.60. The standard InChI is InChI=1S/C28H31N3O2/c1-5-6-9-22-11-13-25(14-12-22)31-20(3)16-24(21(31)4)17-26-27(32)30(28(33)29-26)18-23-10-7-8-19(2)15-23/h7-8,10-17H,5-6,9,18H2,1-4H3,(H,29,33)/b26-17+. The lowest BCUT2D eigenvalue weighted by atomic mass is 10.1. The minimum atomic E-state index is -0.385. The van der Waals surface area contributed by atoms with Gasteiger partial charge < -0.3 is 9.88 Å². The largest absolute Gasteiger partial charge is 0.329 e. The number of hydrogen-bond donors (Lipinski definition) is 1. The fourth-order valence-electron chi connectivity index (χ4n) is 4.39. The molecule has 4 rings (SSSR count). The Labute approximate surface area is 195 Å². The van der Waals surface area contributed by atoms with Crippen molar-refractivity contribution in [2.75, 3.05) is 0 Å². The summed E-state index contributed by atoms with van der Waals surface area (Å²) < 4.78 is 2.18. The second-order valence-electron chi connectivity index (χ2n) is 8.80. The summed E-state index contributed by atoms with van der Waals surface area (Å²) in [7, 11) is 0. The fourth-order valence-corrected chi connectivity index (χ4v) is 4.39. The van der Waals surface area contributed by atoms with Gasteiger partial charge >= 0.3 is 6.03 Å². The molecule has 0 saturated carbocycles. The number of imide groups is 1. The molecule has 0 aliphatic carbocycles. The van der Waals surface area contributed by atoms with Crippen LogP contribution in [0.4, 0.5) is 4.79 Å². The normalized spacial score (nSPS) is 14.9. The molecular weight excluding hydrogens is 410 g/mol. The van der Waals surface area contributed by atoms with Gasteiger partial charge in [0, 0.05) is 17.1 Å². The van der Waals surface area contributed by atoms with Gasteiger partial charge in [0.25, 0.3) is 5.91 Å². The number of benzene rings is 2. The highest BCUT2D eigenvalue weighted by Crippen LogP contribution is 2.25. The van der Waals surface area contributed by atoms with Gasteiger partial charge in [0.15, 0.2) is 0 Å². The van der Waals surface area contributed by atoms with Crippen molar-refractivity contribution in [1.29, 1.82) is 0 Å². The van der Waals surface area contributed by atoms with E-state index in [0.717, 1.165) is 40.2 Å². The summed E-state index contributed by atoms with van der Waals surface area (Å²) in [5.41, 5.74) is 7.80. The number of carbonyl (C=O) groups is 2. The molecule has 5 heteroatoms. The van der Waals surface area contributed by atoms with E-state index in [9.17, 15) is 9.59 Å². The highest BCUT2D eigenvalue weighted by atomic mass is 16.2. The maximum Gasteiger partial charge on any atom is 0.329 e. The van der Waals surface area contributed by atoms with E-state index in [1.54, 1.807) is 6.08 Å². The van der Waals surface area contributed by atoms with Gasteiger partial charge in [-0.3, -0.25) is 9.69 Å². The average molecular weight is 442 g/mol. The molecule has 1 aliphatic rings. The van der Waals surface area contributed by atoms with Crippen LogP contribution in [0.15, 0.2) is 60.3 Å². The van der Waals surface area contributed by atoms with E-state index in [0.29, 0.717) is 5.70 Å². The smallest absolute Gasteiger partial charge is 0.318 e. The molecule has 1 fully saturated rings. The van der Waals surface area contributed by atoms with E-state index < -0.39 is 0 Å². The lowest BCUT2D eigenvalue weighted by Gasteiger charge is -2.12. The Bertz CT molecular complexity index is 1220. The molecule has 1 aromatic heterocycles. The van der Waals surface area contributed by atoms with E-state index in [4.69, 9.17) is 0 Å². The first-order valence-electron chi connectivity index (χ1n) is 11.6. The third kappa shape index (κ3) is 4.77. The minimum absolute atomic E-state index is 0.257. The van der Waals surface area contributed by atoms with Gasteiger partial charge in [-0.1, -0.05) is 55.3 Å². The van der Waals surface area contributed by atoms with Crippen molar-refractivity contribution < 1.29 is 9.59 Å². The molecule has 0 atom stereocenters. The summed E-state index contributed by atoms with van der Waals surface area (Å²) in [6.45, 7) is 8.55. The molecule has 0 bridgehead atoms. The molecule has 1 aliphatic heterocycles. The maximum atomic E-state index is 13.0. The van der Waals surface area contributed by atoms with Crippen LogP contribution in [-0.2, 0) is 17.8 Å². The Morgan fingerprint density at radius 2 is 1.70 bits per heavy atom. The third-order valence-corrected chi connectivity index (χ3v) is 6.17. The maximum absolute atomic E-state index is 13.0. The summed E-state index contributed by atoms with van der Waals surface area (Å²) in [6, 6.07) is 18.2. The van der Waals surface area contributed by atoms with Crippen molar-refractivity contribution in [3.63, 3.8) is 0 Å². The van der Waals surface area contributed by atoms with Gasteiger partial charge in [-0.2, -0.15) is 0 Å². The van der Waals surface area contributed by atoms with Gasteiger partial charge in [0.05, 0.1) is 6.54 Å². The van der Waals surface area contributed by atoms with E-state index in [-0.39, 0.29) is 18.5 Å². The number of carbonyl (C=O) groups excluding carboxylic acids is 2. The zero-order valence-electron chi connectivity index (χ0n) is 19.8. The predicted molar refractivity (Wildman–Crippen MR) is 132 cm³/mol. The number of aryl methyl sites for hydroxylation is 3. The summed E-state index contributed by atoms with van der Waals surface area (Å²) in [5, 5.41) is 2.75. The molecule has 0 spiro atoms. The van der Waals surface area contributed by atoms with Crippen LogP contribution in [0.25, 0.3) is 11.8 Å². The number of nitrogens with zero attached hydrogens (tertiary/aromatic N) is 2. The molecule has 33 heavy (non-hydrogen) atoms. The van der Waals surface area contributed by atoms with Gasteiger partial charge in [-0.05, 0) is 74.6 Å². The number of urea groups is 1. The predicted octanol–water partition coefficient (Wildman–Crippen LogP) is 5.84. The zero-order chi connectivity index (χ0) is 23.5. The van der Waals surface area contributed by atoms with Crippen molar-refractivity contribution in [2.45, 2.75) is 53.5 Å². The van der Waals surface area contributed by atoms with Crippen LogP contribution in [0.3, 0.4) is 0 Å². The molecule has 1 N–H and O–H groups in total. The van der Waals surface area contributed by atoms with Crippen LogP contribution in [0.2, 0.25) is 0 Å². The minimum Gasteiger partial charge on any atom is -0.318 e. The third-order valence-electron chi connectivity index (χ3n) is 6.17. The van der Waals surface area contributed by atoms with E-state index >= 15 is 0 Å². The SMILES string of the molecule is CCCCc1ccc(-n2c(C)cc(/C=C3/NC(=O)N(Cc4cccc(C)c4)C3=O)c2C)cc1. The zero-order valence-corrected chi connectivity index (χ0v) is 19.8. The monoisotopic (exact) mass is 441 g/mol. The van der Waals surface area contributed by atoms with E-state index in [2.05, 4.69) is 54.1 Å². The summed E-state index contributed by atoms with van der Waals surface area (Å²) >= 11 is 0. The van der Waals surface area contributed by atoms with Crippen LogP contribution < -0.4 is 5.32 Å². The Kier molecular flexibility index (Phi) is 6.50. The number of amides is 3. The topological polar surface area (TPSA) is 54.3 Å². The fraction of sp³-hybridized carbons (Fsp3) is 0.286. The summed E-state index contributed by atoms with van der Waals surface area (Å²) in [5.74, 6) is -0.299. The molecule has 5 nitrogen and oxygen atoms in total. The lowest BCUT2D eigenvalue weighted by Crippen LogP contribution is -2.30. The molecular formula is C28H31N3O2. The highest BCUT2D eigenvalue weighted by Gasteiger charge is 2.33. The van der Waals surface area contributed by atoms with Crippen molar-refractivity contribution in [3.05, 3.63) is 93.9 Å². The van der Waals surface area contributed by atoms with Crippen LogP contribution >= 0.6 is 0 Å². The van der Waals surface area contributed by atoms with Gasteiger partial charge in [-0.15, -0.1) is 0 Å². The Morgan fingerprint density at radius 3 is 2.39 bits per heavy atom. The molecule has 170 valence electrons. The van der Waals surface area contributed by atoms with Crippen molar-refractivity contribution in [3.8, 4) is 5.69 Å². The van der Waals surface area contributed by atoms with Gasteiger partial charge in [0.1, 0.15) is 5.70 Å². The number of rotatable bonds is 7. The Morgan fingerprint density at radius 1 is 0.939 bits per heavy atom. The van der Waals surface area contributed by atoms with E-state index in [1.807, 2.05) is 38.1 Å². The second-order valence-corrected chi connectivity index (χ2v) is 8.80. The van der Waals surface area contributed by atoms with Crippen LogP contribution in [-0.4, -0.2) is 21.4 Å². The highest BCUT2D eigenvalue weighted by molar-refractivity contribution is 6.14.